The molecular formula is C9H18BrNO. The predicted octanol–water partition coefficient (Wildman–Crippen LogP) is 1.78. The number of rotatable bonds is 4. The Kier molecular flexibility index (Phi) is 4.54. The summed E-state index contributed by atoms with van der Waals surface area (Å²) in [4.78, 5) is 0. The topological polar surface area (TPSA) is 21.3 Å². The van der Waals surface area contributed by atoms with E-state index in [1.165, 1.54) is 6.42 Å². The van der Waals surface area contributed by atoms with Crippen LogP contribution in [0.1, 0.15) is 20.3 Å². The first kappa shape index (κ1) is 10.5. The summed E-state index contributed by atoms with van der Waals surface area (Å²) in [5.41, 5.74) is 0. The van der Waals surface area contributed by atoms with Gasteiger partial charge in [-0.25, -0.2) is 0 Å². The highest BCUT2D eigenvalue weighted by Crippen LogP contribution is 2.10. The quantitative estimate of drug-likeness (QED) is 0.751. The van der Waals surface area contributed by atoms with E-state index < -0.39 is 0 Å². The van der Waals surface area contributed by atoms with Crippen molar-refractivity contribution in [2.24, 2.45) is 5.92 Å². The number of hydrogen-bond donors (Lipinski definition) is 1. The molecule has 12 heavy (non-hydrogen) atoms. The van der Waals surface area contributed by atoms with Crippen molar-refractivity contribution in [3.63, 3.8) is 0 Å². The van der Waals surface area contributed by atoms with Crippen LogP contribution in [0.2, 0.25) is 0 Å². The Morgan fingerprint density at radius 2 is 2.33 bits per heavy atom. The summed E-state index contributed by atoms with van der Waals surface area (Å²) in [6, 6.07) is 1.16. The summed E-state index contributed by atoms with van der Waals surface area (Å²) in [6.07, 6.45) is 1.17. The van der Waals surface area contributed by atoms with Crippen LogP contribution >= 0.6 is 15.9 Å². The molecule has 0 amide bonds. The highest BCUT2D eigenvalue weighted by molar-refractivity contribution is 9.09. The largest absolute Gasteiger partial charge is 0.380 e. The minimum absolute atomic E-state index is 0.580. The normalized spacial score (nSPS) is 28.8. The van der Waals surface area contributed by atoms with Crippen LogP contribution in [0.15, 0.2) is 0 Å². The molecule has 1 aliphatic heterocycles. The van der Waals surface area contributed by atoms with Crippen molar-refractivity contribution in [1.82, 2.24) is 5.32 Å². The molecule has 0 radical (unpaired) electrons. The summed E-state index contributed by atoms with van der Waals surface area (Å²) in [5, 5.41) is 4.64. The first-order valence-electron chi connectivity index (χ1n) is 4.63. The maximum atomic E-state index is 5.30. The molecule has 1 fully saturated rings. The summed E-state index contributed by atoms with van der Waals surface area (Å²) in [5.74, 6) is 0.686. The van der Waals surface area contributed by atoms with Crippen LogP contribution in [-0.2, 0) is 4.74 Å². The van der Waals surface area contributed by atoms with Gasteiger partial charge in [0.2, 0.25) is 0 Å². The Morgan fingerprint density at radius 1 is 1.58 bits per heavy atom. The van der Waals surface area contributed by atoms with Crippen molar-refractivity contribution in [2.45, 2.75) is 32.4 Å². The van der Waals surface area contributed by atoms with Gasteiger partial charge in [0.25, 0.3) is 0 Å². The van der Waals surface area contributed by atoms with Crippen LogP contribution < -0.4 is 5.32 Å². The monoisotopic (exact) mass is 235 g/mol. The third-order valence-electron chi connectivity index (χ3n) is 2.53. The van der Waals surface area contributed by atoms with Gasteiger partial charge in [-0.15, -0.1) is 0 Å². The minimum Gasteiger partial charge on any atom is -0.380 e. The molecule has 1 aliphatic rings. The molecule has 1 rings (SSSR count). The molecule has 72 valence electrons. The lowest BCUT2D eigenvalue weighted by molar-refractivity contribution is 0.186. The molecule has 1 heterocycles. The highest BCUT2D eigenvalue weighted by atomic mass is 79.9. The fourth-order valence-corrected chi connectivity index (χ4v) is 1.90. The summed E-state index contributed by atoms with van der Waals surface area (Å²) < 4.78 is 5.30. The van der Waals surface area contributed by atoms with Crippen molar-refractivity contribution in [3.05, 3.63) is 0 Å². The van der Waals surface area contributed by atoms with Gasteiger partial charge in [-0.05, 0) is 19.3 Å². The number of nitrogens with one attached hydrogen (secondary N) is 1. The Labute approximate surface area is 83.2 Å². The van der Waals surface area contributed by atoms with E-state index in [4.69, 9.17) is 4.74 Å². The molecular weight excluding hydrogens is 218 g/mol. The second-order valence-corrected chi connectivity index (χ2v) is 4.29. The lowest BCUT2D eigenvalue weighted by atomic mass is 10.1. The number of alkyl halides is 1. The molecule has 1 N–H and O–H groups in total. The molecule has 0 bridgehead atoms. The van der Waals surface area contributed by atoms with E-state index in [0.29, 0.717) is 18.0 Å². The van der Waals surface area contributed by atoms with Gasteiger partial charge in [-0.3, -0.25) is 0 Å². The zero-order chi connectivity index (χ0) is 8.97. The van der Waals surface area contributed by atoms with Crippen molar-refractivity contribution >= 4 is 15.9 Å². The molecule has 0 aromatic heterocycles. The smallest absolute Gasteiger partial charge is 0.0620 e. The fraction of sp³-hybridized carbons (Fsp3) is 1.00. The molecule has 0 saturated carbocycles. The standard InChI is InChI=1S/C9H18BrNO/c1-7(5-10)8(2)11-9-3-4-12-6-9/h7-9,11H,3-6H2,1-2H3. The molecule has 3 atom stereocenters. The van der Waals surface area contributed by atoms with Gasteiger partial charge in [-0.2, -0.15) is 0 Å². The third-order valence-corrected chi connectivity index (χ3v) is 3.55. The van der Waals surface area contributed by atoms with Crippen molar-refractivity contribution < 1.29 is 4.74 Å². The number of ether oxygens (including phenoxy) is 1. The summed E-state index contributed by atoms with van der Waals surface area (Å²) in [6.45, 7) is 6.30. The maximum Gasteiger partial charge on any atom is 0.0620 e. The summed E-state index contributed by atoms with van der Waals surface area (Å²) in [7, 11) is 0. The zero-order valence-electron chi connectivity index (χ0n) is 7.85. The van der Waals surface area contributed by atoms with Gasteiger partial charge in [0.15, 0.2) is 0 Å². The first-order chi connectivity index (χ1) is 5.74. The second-order valence-electron chi connectivity index (χ2n) is 3.65. The SMILES string of the molecule is CC(CBr)C(C)NC1CCOC1. The van der Waals surface area contributed by atoms with Crippen molar-refractivity contribution in [3.8, 4) is 0 Å². The van der Waals surface area contributed by atoms with Crippen LogP contribution in [0.25, 0.3) is 0 Å². The first-order valence-corrected chi connectivity index (χ1v) is 5.76. The average Bonchev–Trinajstić information content (AvgIpc) is 2.55. The second kappa shape index (κ2) is 5.20. The van der Waals surface area contributed by atoms with E-state index in [-0.39, 0.29) is 0 Å². The Morgan fingerprint density at radius 3 is 2.83 bits per heavy atom. The molecule has 3 heteroatoms. The van der Waals surface area contributed by atoms with Gasteiger partial charge in [-0.1, -0.05) is 22.9 Å². The fourth-order valence-electron chi connectivity index (χ4n) is 1.34. The van der Waals surface area contributed by atoms with E-state index in [9.17, 15) is 0 Å². The van der Waals surface area contributed by atoms with Gasteiger partial charge in [0.1, 0.15) is 0 Å². The molecule has 0 aromatic carbocycles. The van der Waals surface area contributed by atoms with Crippen molar-refractivity contribution in [1.29, 1.82) is 0 Å². The lowest BCUT2D eigenvalue weighted by Gasteiger charge is -2.22. The Balaban J connectivity index is 2.19. The molecule has 2 nitrogen and oxygen atoms in total. The van der Waals surface area contributed by atoms with Gasteiger partial charge in [0, 0.05) is 24.0 Å². The van der Waals surface area contributed by atoms with Crippen LogP contribution in [-0.4, -0.2) is 30.6 Å². The molecule has 3 unspecified atom stereocenters. The van der Waals surface area contributed by atoms with E-state index >= 15 is 0 Å². The summed E-state index contributed by atoms with van der Waals surface area (Å²) >= 11 is 3.49. The third kappa shape index (κ3) is 3.04. The van der Waals surface area contributed by atoms with E-state index in [1.807, 2.05) is 0 Å². The van der Waals surface area contributed by atoms with Crippen LogP contribution in [0, 0.1) is 5.92 Å². The zero-order valence-corrected chi connectivity index (χ0v) is 9.43. The lowest BCUT2D eigenvalue weighted by Crippen LogP contribution is -2.40. The van der Waals surface area contributed by atoms with Crippen LogP contribution in [0.5, 0.6) is 0 Å². The van der Waals surface area contributed by atoms with E-state index in [0.717, 1.165) is 18.5 Å². The van der Waals surface area contributed by atoms with Crippen molar-refractivity contribution in [2.75, 3.05) is 18.5 Å². The highest BCUT2D eigenvalue weighted by Gasteiger charge is 2.19. The molecule has 0 aromatic rings. The van der Waals surface area contributed by atoms with E-state index in [1.54, 1.807) is 0 Å². The van der Waals surface area contributed by atoms with Gasteiger partial charge >= 0.3 is 0 Å². The van der Waals surface area contributed by atoms with Gasteiger partial charge in [0.05, 0.1) is 6.61 Å². The van der Waals surface area contributed by atoms with E-state index in [2.05, 4.69) is 35.1 Å². The molecule has 0 spiro atoms. The Hall–Kier alpha value is 0.400. The molecule has 1 saturated heterocycles. The average molecular weight is 236 g/mol. The maximum absolute atomic E-state index is 5.30. The van der Waals surface area contributed by atoms with Crippen LogP contribution in [0.3, 0.4) is 0 Å². The predicted molar refractivity (Wildman–Crippen MR) is 54.8 cm³/mol. The molecule has 0 aliphatic carbocycles. The van der Waals surface area contributed by atoms with Gasteiger partial charge < -0.3 is 10.1 Å². The minimum atomic E-state index is 0.580. The Bertz CT molecular complexity index is 126. The number of halogens is 1. The number of hydrogen-bond acceptors (Lipinski definition) is 2. The van der Waals surface area contributed by atoms with Crippen LogP contribution in [0.4, 0.5) is 0 Å².